The van der Waals surface area contributed by atoms with Crippen molar-refractivity contribution in [3.63, 3.8) is 0 Å². The van der Waals surface area contributed by atoms with E-state index >= 15 is 0 Å². The minimum atomic E-state index is -0.464. The van der Waals surface area contributed by atoms with Gasteiger partial charge in [0.05, 0.1) is 16.9 Å². The molecule has 3 aromatic rings. The van der Waals surface area contributed by atoms with Crippen molar-refractivity contribution in [1.82, 2.24) is 9.78 Å². The van der Waals surface area contributed by atoms with Gasteiger partial charge in [-0.05, 0) is 43.3 Å². The van der Waals surface area contributed by atoms with Gasteiger partial charge in [0.2, 0.25) is 5.88 Å². The maximum absolute atomic E-state index is 13.2. The van der Waals surface area contributed by atoms with Crippen LogP contribution in [-0.4, -0.2) is 15.7 Å². The van der Waals surface area contributed by atoms with Crippen LogP contribution < -0.4 is 4.74 Å². The zero-order valence-corrected chi connectivity index (χ0v) is 15.3. The Morgan fingerprint density at radius 3 is 2.23 bits per heavy atom. The van der Waals surface area contributed by atoms with Crippen molar-refractivity contribution in [3.8, 4) is 11.6 Å². The third-order valence-corrected chi connectivity index (χ3v) is 4.00. The van der Waals surface area contributed by atoms with E-state index in [2.05, 4.69) is 5.10 Å². The fraction of sp³-hybridized carbons (Fsp3) is 0.238. The average Bonchev–Trinajstić information content (AvgIpc) is 3.00. The molecule has 1 aromatic heterocycles. The van der Waals surface area contributed by atoms with Crippen LogP contribution in [0.3, 0.4) is 0 Å². The van der Waals surface area contributed by atoms with Crippen molar-refractivity contribution in [2.75, 3.05) is 0 Å². The Balaban J connectivity index is 1.99. The Labute approximate surface area is 152 Å². The van der Waals surface area contributed by atoms with Gasteiger partial charge in [0.1, 0.15) is 5.82 Å². The van der Waals surface area contributed by atoms with E-state index < -0.39 is 5.97 Å². The van der Waals surface area contributed by atoms with Crippen molar-refractivity contribution < 1.29 is 13.9 Å². The normalized spacial score (nSPS) is 11.4. The first kappa shape index (κ1) is 17.9. The molecule has 3 rings (SSSR count). The zero-order valence-electron chi connectivity index (χ0n) is 15.3. The lowest BCUT2D eigenvalue weighted by Crippen LogP contribution is -2.13. The standard InChI is InChI=1S/C21H21FN2O2/c1-14-5-7-15(8-6-14)20(25)26-19-13-18(21(2,3)4)23-24(19)17-11-9-16(22)10-12-17/h5-13H,1-4H3. The van der Waals surface area contributed by atoms with Gasteiger partial charge in [-0.1, -0.05) is 38.5 Å². The number of hydrogen-bond acceptors (Lipinski definition) is 3. The highest BCUT2D eigenvalue weighted by Crippen LogP contribution is 2.28. The first-order chi connectivity index (χ1) is 12.2. The first-order valence-corrected chi connectivity index (χ1v) is 8.39. The lowest BCUT2D eigenvalue weighted by Gasteiger charge is -2.13. The van der Waals surface area contributed by atoms with Gasteiger partial charge in [0, 0.05) is 11.5 Å². The fourth-order valence-corrected chi connectivity index (χ4v) is 2.41. The molecule has 0 saturated carbocycles. The van der Waals surface area contributed by atoms with Gasteiger partial charge in [-0.25, -0.2) is 13.9 Å². The molecule has 0 N–H and O–H groups in total. The Bertz CT molecular complexity index is 920. The van der Waals surface area contributed by atoms with Crippen LogP contribution in [0.15, 0.2) is 54.6 Å². The third-order valence-electron chi connectivity index (χ3n) is 4.00. The average molecular weight is 352 g/mol. The highest BCUT2D eigenvalue weighted by atomic mass is 19.1. The third kappa shape index (κ3) is 3.82. The summed E-state index contributed by atoms with van der Waals surface area (Å²) in [6.45, 7) is 8.02. The Morgan fingerprint density at radius 1 is 1.04 bits per heavy atom. The van der Waals surface area contributed by atoms with E-state index in [0.717, 1.165) is 11.3 Å². The Kier molecular flexibility index (Phi) is 4.64. The maximum atomic E-state index is 13.2. The van der Waals surface area contributed by atoms with E-state index in [1.54, 1.807) is 30.3 Å². The number of carbonyl (C=O) groups is 1. The fourth-order valence-electron chi connectivity index (χ4n) is 2.41. The van der Waals surface area contributed by atoms with Gasteiger partial charge in [-0.15, -0.1) is 0 Å². The van der Waals surface area contributed by atoms with Gasteiger partial charge in [-0.2, -0.15) is 5.10 Å². The van der Waals surface area contributed by atoms with Crippen LogP contribution in [0.4, 0.5) is 4.39 Å². The van der Waals surface area contributed by atoms with Gasteiger partial charge >= 0.3 is 5.97 Å². The summed E-state index contributed by atoms with van der Waals surface area (Å²) in [5.74, 6) is -0.504. The van der Waals surface area contributed by atoms with E-state index in [0.29, 0.717) is 17.1 Å². The highest BCUT2D eigenvalue weighted by Gasteiger charge is 2.23. The van der Waals surface area contributed by atoms with Gasteiger partial charge in [0.15, 0.2) is 0 Å². The molecule has 5 heteroatoms. The van der Waals surface area contributed by atoms with Crippen LogP contribution in [0.25, 0.3) is 5.69 Å². The second-order valence-electron chi connectivity index (χ2n) is 7.26. The predicted octanol–water partition coefficient (Wildman–Crippen LogP) is 4.84. The number of hydrogen-bond donors (Lipinski definition) is 0. The van der Waals surface area contributed by atoms with E-state index in [1.807, 2.05) is 39.8 Å². The predicted molar refractivity (Wildman–Crippen MR) is 98.4 cm³/mol. The van der Waals surface area contributed by atoms with Crippen LogP contribution in [0.5, 0.6) is 5.88 Å². The number of aromatic nitrogens is 2. The minimum absolute atomic E-state index is 0.226. The number of carbonyl (C=O) groups excluding carboxylic acids is 1. The van der Waals surface area contributed by atoms with Crippen molar-refractivity contribution in [2.45, 2.75) is 33.1 Å². The molecular formula is C21H21FN2O2. The Hall–Kier alpha value is -2.95. The van der Waals surface area contributed by atoms with Crippen LogP contribution in [0, 0.1) is 12.7 Å². The van der Waals surface area contributed by atoms with Crippen LogP contribution >= 0.6 is 0 Å². The summed E-state index contributed by atoms with van der Waals surface area (Å²) in [4.78, 5) is 12.5. The number of halogens is 1. The summed E-state index contributed by atoms with van der Waals surface area (Å²) in [5, 5.41) is 4.56. The molecule has 0 unspecified atom stereocenters. The minimum Gasteiger partial charge on any atom is -0.404 e. The molecule has 0 radical (unpaired) electrons. The van der Waals surface area contributed by atoms with E-state index in [4.69, 9.17) is 4.74 Å². The quantitative estimate of drug-likeness (QED) is 0.634. The second kappa shape index (κ2) is 6.75. The van der Waals surface area contributed by atoms with Crippen LogP contribution in [-0.2, 0) is 5.41 Å². The van der Waals surface area contributed by atoms with E-state index in [9.17, 15) is 9.18 Å². The summed E-state index contributed by atoms with van der Waals surface area (Å²) in [5.41, 5.74) is 2.69. The molecule has 0 atom stereocenters. The number of esters is 1. The molecule has 134 valence electrons. The van der Waals surface area contributed by atoms with Gasteiger partial charge < -0.3 is 4.74 Å². The second-order valence-corrected chi connectivity index (χ2v) is 7.26. The van der Waals surface area contributed by atoms with E-state index in [1.165, 1.54) is 16.8 Å². The molecular weight excluding hydrogens is 331 g/mol. The molecule has 0 aliphatic heterocycles. The summed E-state index contributed by atoms with van der Waals surface area (Å²) in [6, 6.07) is 14.8. The summed E-state index contributed by atoms with van der Waals surface area (Å²) < 4.78 is 20.4. The largest absolute Gasteiger partial charge is 0.404 e. The molecule has 0 fully saturated rings. The molecule has 1 heterocycles. The smallest absolute Gasteiger partial charge is 0.344 e. The maximum Gasteiger partial charge on any atom is 0.344 e. The van der Waals surface area contributed by atoms with Gasteiger partial charge in [0.25, 0.3) is 0 Å². The zero-order chi connectivity index (χ0) is 18.9. The summed E-state index contributed by atoms with van der Waals surface area (Å²) >= 11 is 0. The van der Waals surface area contributed by atoms with Crippen LogP contribution in [0.2, 0.25) is 0 Å². The monoisotopic (exact) mass is 352 g/mol. The van der Waals surface area contributed by atoms with Crippen molar-refractivity contribution in [3.05, 3.63) is 77.2 Å². The first-order valence-electron chi connectivity index (χ1n) is 8.39. The summed E-state index contributed by atoms with van der Waals surface area (Å²) in [6.07, 6.45) is 0. The molecule has 0 aliphatic rings. The lowest BCUT2D eigenvalue weighted by atomic mass is 9.93. The van der Waals surface area contributed by atoms with Gasteiger partial charge in [-0.3, -0.25) is 0 Å². The highest BCUT2D eigenvalue weighted by molar-refractivity contribution is 5.91. The molecule has 26 heavy (non-hydrogen) atoms. The molecule has 4 nitrogen and oxygen atoms in total. The van der Waals surface area contributed by atoms with Crippen molar-refractivity contribution in [2.24, 2.45) is 0 Å². The molecule has 0 aliphatic carbocycles. The van der Waals surface area contributed by atoms with E-state index in [-0.39, 0.29) is 11.2 Å². The molecule has 0 spiro atoms. The SMILES string of the molecule is Cc1ccc(C(=O)Oc2cc(C(C)(C)C)nn2-c2ccc(F)cc2)cc1. The Morgan fingerprint density at radius 2 is 1.65 bits per heavy atom. The topological polar surface area (TPSA) is 44.1 Å². The molecule has 0 bridgehead atoms. The van der Waals surface area contributed by atoms with Crippen molar-refractivity contribution in [1.29, 1.82) is 0 Å². The molecule has 0 saturated heterocycles. The number of ether oxygens (including phenoxy) is 1. The number of rotatable bonds is 3. The van der Waals surface area contributed by atoms with Crippen LogP contribution in [0.1, 0.15) is 42.4 Å². The number of nitrogens with zero attached hydrogens (tertiary/aromatic N) is 2. The lowest BCUT2D eigenvalue weighted by molar-refractivity contribution is 0.0723. The molecule has 0 amide bonds. The molecule has 2 aromatic carbocycles. The number of aryl methyl sites for hydroxylation is 1. The van der Waals surface area contributed by atoms with Crippen molar-refractivity contribution >= 4 is 5.97 Å². The number of benzene rings is 2. The summed E-state index contributed by atoms with van der Waals surface area (Å²) in [7, 11) is 0.